The van der Waals surface area contributed by atoms with Gasteiger partial charge in [0.2, 0.25) is 21.8 Å². The zero-order valence-corrected chi connectivity index (χ0v) is 32.6. The van der Waals surface area contributed by atoms with Gasteiger partial charge in [-0.3, -0.25) is 24.0 Å². The first-order chi connectivity index (χ1) is 26.6. The van der Waals surface area contributed by atoms with Gasteiger partial charge in [-0.05, 0) is 84.1 Å². The Bertz CT molecular complexity index is 2140. The fraction of sp³-hybridized carbons (Fsp3) is 0.625. The average Bonchev–Trinajstić information content (AvgIpc) is 3.93. The molecule has 2 aromatic rings. The summed E-state index contributed by atoms with van der Waals surface area (Å²) >= 11 is 0. The summed E-state index contributed by atoms with van der Waals surface area (Å²) in [5.74, 6) is -4.22. The average molecular weight is 798 g/mol. The summed E-state index contributed by atoms with van der Waals surface area (Å²) in [7, 11) is -4.04. The Hall–Kier alpha value is -4.34. The number of aryl methyl sites for hydroxylation is 2. The van der Waals surface area contributed by atoms with Crippen molar-refractivity contribution in [1.82, 2.24) is 24.8 Å². The maximum atomic E-state index is 15.0. The molecular weight excluding hydrogens is 749 g/mol. The van der Waals surface area contributed by atoms with Gasteiger partial charge in [0.15, 0.2) is 11.6 Å². The van der Waals surface area contributed by atoms with Gasteiger partial charge >= 0.3 is 6.09 Å². The van der Waals surface area contributed by atoms with Gasteiger partial charge in [0, 0.05) is 35.4 Å². The molecule has 4 amide bonds. The topological polar surface area (TPSA) is 175 Å². The number of rotatable bonds is 5. The number of carbonyl (C=O) groups is 4. The number of hydrogen-bond acceptors (Lipinski definition) is 8. The van der Waals surface area contributed by atoms with Crippen LogP contribution in [0.25, 0.3) is 10.9 Å². The number of aromatic nitrogens is 1. The second-order valence-corrected chi connectivity index (χ2v) is 19.3. The van der Waals surface area contributed by atoms with Gasteiger partial charge in [0.1, 0.15) is 29.0 Å². The van der Waals surface area contributed by atoms with Crippen molar-refractivity contribution in [3.8, 4) is 5.75 Å². The molecule has 1 aromatic carbocycles. The molecule has 1 aromatic heterocycles. The van der Waals surface area contributed by atoms with Crippen molar-refractivity contribution in [3.63, 3.8) is 0 Å². The number of hydrogen-bond donors (Lipinski definition) is 3. The molecule has 0 bridgehead atoms. The van der Waals surface area contributed by atoms with Gasteiger partial charge in [-0.2, -0.15) is 0 Å². The third kappa shape index (κ3) is 6.68. The number of pyridine rings is 1. The van der Waals surface area contributed by atoms with Crippen molar-refractivity contribution in [2.45, 2.75) is 144 Å². The number of fused-ring (bicyclic) bond motifs is 5. The third-order valence-corrected chi connectivity index (χ3v) is 15.4. The molecule has 8 rings (SSSR count). The summed E-state index contributed by atoms with van der Waals surface area (Å²) < 4.78 is 63.0. The summed E-state index contributed by atoms with van der Waals surface area (Å²) in [5.41, 5.74) is -1.41. The molecule has 3 N–H and O–H groups in total. The first-order valence-electron chi connectivity index (χ1n) is 19.9. The minimum absolute atomic E-state index is 0.0168. The number of carbonyl (C=O) groups excluding carboxylic acids is 3. The van der Waals surface area contributed by atoms with Crippen LogP contribution in [0.15, 0.2) is 24.3 Å². The molecule has 0 unspecified atom stereocenters. The van der Waals surface area contributed by atoms with E-state index in [9.17, 15) is 36.7 Å². The number of nitrogens with one attached hydrogen (secondary N) is 2. The summed E-state index contributed by atoms with van der Waals surface area (Å²) in [6, 6.07) is -0.494. The quantitative estimate of drug-likeness (QED) is 0.345. The van der Waals surface area contributed by atoms with E-state index in [-0.39, 0.29) is 43.8 Å². The minimum atomic E-state index is -4.04. The molecule has 16 heteroatoms. The van der Waals surface area contributed by atoms with Crippen LogP contribution in [-0.4, -0.2) is 92.7 Å². The van der Waals surface area contributed by atoms with E-state index in [1.165, 1.54) is 9.80 Å². The fourth-order valence-corrected chi connectivity index (χ4v) is 10.8. The van der Waals surface area contributed by atoms with Crippen LogP contribution < -0.4 is 14.8 Å². The van der Waals surface area contributed by atoms with E-state index in [0.29, 0.717) is 73.8 Å². The van der Waals surface area contributed by atoms with Crippen LogP contribution in [0.1, 0.15) is 108 Å². The second kappa shape index (κ2) is 13.9. The highest BCUT2D eigenvalue weighted by atomic mass is 32.2. The predicted octanol–water partition coefficient (Wildman–Crippen LogP) is 5.17. The van der Waals surface area contributed by atoms with Crippen molar-refractivity contribution in [1.29, 1.82) is 0 Å². The Balaban J connectivity index is 1.17. The fourth-order valence-electron chi connectivity index (χ4n) is 9.52. The summed E-state index contributed by atoms with van der Waals surface area (Å²) in [6.07, 6.45) is 10.0. The molecule has 3 aliphatic carbocycles. The number of benzene rings is 1. The number of halogens is 2. The van der Waals surface area contributed by atoms with Crippen molar-refractivity contribution in [2.24, 2.45) is 5.92 Å². The Morgan fingerprint density at radius 3 is 2.46 bits per heavy atom. The Morgan fingerprint density at radius 1 is 1.04 bits per heavy atom. The summed E-state index contributed by atoms with van der Waals surface area (Å²) in [5, 5.41) is 13.9. The lowest BCUT2D eigenvalue weighted by atomic mass is 9.87. The molecule has 302 valence electrons. The van der Waals surface area contributed by atoms with E-state index < -0.39 is 79.4 Å². The number of nitrogens with zero attached hydrogens (tertiary/aromatic N) is 3. The highest BCUT2D eigenvalue weighted by molar-refractivity contribution is 7.91. The van der Waals surface area contributed by atoms with Gasteiger partial charge in [-0.15, -0.1) is 0 Å². The molecule has 56 heavy (non-hydrogen) atoms. The zero-order chi connectivity index (χ0) is 39.8. The standard InChI is InChI=1S/C40H49F2N5O8S/c1-23-33-26(27-18-28(41)29(42)19-30(27)43-23)14-15-39(55-33)21-32-34(48)44-40(36(50)45-56(53,54)38(2)16-17-38)20-24(40)10-6-4-3-5-7-13-31(35(49)46(32)22-39)47(37(51)52)25-11-8-9-12-25/h6,10,18-19,24-25,31-32H,3-5,7-9,11-17,20-22H2,1-2H3,(H,44,48)(H,45,50)(H,51,52)/b10-6-/t24-,31+,32+,39-,40-/m1/s1. The highest BCUT2D eigenvalue weighted by Gasteiger charge is 2.64. The van der Waals surface area contributed by atoms with Gasteiger partial charge in [-0.1, -0.05) is 37.8 Å². The molecule has 1 saturated heterocycles. The molecule has 4 heterocycles. The monoisotopic (exact) mass is 797 g/mol. The van der Waals surface area contributed by atoms with Gasteiger partial charge in [0.05, 0.1) is 22.5 Å². The maximum Gasteiger partial charge on any atom is 0.408 e. The van der Waals surface area contributed by atoms with E-state index in [0.717, 1.165) is 31.4 Å². The van der Waals surface area contributed by atoms with Crippen LogP contribution in [0.3, 0.4) is 0 Å². The lowest BCUT2D eigenvalue weighted by Gasteiger charge is -2.38. The smallest absolute Gasteiger partial charge is 0.408 e. The molecule has 1 spiro atoms. The van der Waals surface area contributed by atoms with E-state index in [2.05, 4.69) is 15.0 Å². The molecular formula is C40H49F2N5O8S. The molecule has 13 nitrogen and oxygen atoms in total. The Labute approximate surface area is 324 Å². The van der Waals surface area contributed by atoms with Crippen molar-refractivity contribution >= 4 is 44.7 Å². The first kappa shape index (κ1) is 38.5. The van der Waals surface area contributed by atoms with Crippen LogP contribution >= 0.6 is 0 Å². The van der Waals surface area contributed by atoms with Crippen molar-refractivity contribution in [3.05, 3.63) is 47.2 Å². The lowest BCUT2D eigenvalue weighted by Crippen LogP contribution is -2.59. The van der Waals surface area contributed by atoms with E-state index in [1.807, 2.05) is 12.2 Å². The van der Waals surface area contributed by atoms with Crippen LogP contribution in [0.4, 0.5) is 13.6 Å². The van der Waals surface area contributed by atoms with Gasteiger partial charge in [-0.25, -0.2) is 27.0 Å². The van der Waals surface area contributed by atoms with Crippen LogP contribution in [0.5, 0.6) is 5.75 Å². The molecule has 5 atom stereocenters. The van der Waals surface area contributed by atoms with Crippen molar-refractivity contribution < 1.29 is 46.2 Å². The summed E-state index contributed by atoms with van der Waals surface area (Å²) in [6.45, 7) is 3.18. The van der Waals surface area contributed by atoms with Gasteiger partial charge < -0.3 is 20.1 Å². The third-order valence-electron chi connectivity index (χ3n) is 13.3. The largest absolute Gasteiger partial charge is 0.483 e. The van der Waals surface area contributed by atoms with E-state index in [1.54, 1.807) is 13.8 Å². The number of sulfonamides is 1. The predicted molar refractivity (Wildman–Crippen MR) is 200 cm³/mol. The maximum absolute atomic E-state index is 15.0. The number of amides is 4. The molecule has 3 aliphatic heterocycles. The van der Waals surface area contributed by atoms with Crippen LogP contribution in [0, 0.1) is 24.5 Å². The molecule has 6 aliphatic rings. The summed E-state index contributed by atoms with van der Waals surface area (Å²) in [4.78, 5) is 63.9. The normalized spacial score (nSPS) is 30.9. The first-order valence-corrected chi connectivity index (χ1v) is 21.4. The number of carboxylic acid groups (broad SMARTS) is 1. The van der Waals surface area contributed by atoms with Gasteiger partial charge in [0.25, 0.3) is 5.91 Å². The molecule has 4 fully saturated rings. The van der Waals surface area contributed by atoms with E-state index in [4.69, 9.17) is 4.74 Å². The number of allylic oxidation sites excluding steroid dienone is 1. The molecule has 3 saturated carbocycles. The minimum Gasteiger partial charge on any atom is -0.483 e. The zero-order valence-electron chi connectivity index (χ0n) is 31.7. The van der Waals surface area contributed by atoms with Crippen LogP contribution in [-0.2, 0) is 30.8 Å². The van der Waals surface area contributed by atoms with E-state index >= 15 is 4.79 Å². The number of ether oxygens (including phenoxy) is 1. The Morgan fingerprint density at radius 2 is 1.75 bits per heavy atom. The van der Waals surface area contributed by atoms with Crippen molar-refractivity contribution in [2.75, 3.05) is 6.54 Å². The Kier molecular flexibility index (Phi) is 9.59. The molecule has 0 radical (unpaired) electrons. The lowest BCUT2D eigenvalue weighted by molar-refractivity contribution is -0.144. The highest BCUT2D eigenvalue weighted by Crippen LogP contribution is 2.49. The second-order valence-electron chi connectivity index (χ2n) is 17.1. The SMILES string of the molecule is Cc1nc2cc(F)c(F)cc2c2c1O[C@]1(CC2)C[C@H]2C(=O)N[C@]3(C(=O)NS(=O)(=O)C4(C)CC4)C[C@H]3/C=C\CCCCC[C@H](N(C(=O)O)C3CCCC3)C(=O)N2C1. The van der Waals surface area contributed by atoms with Crippen LogP contribution in [0.2, 0.25) is 0 Å².